The van der Waals surface area contributed by atoms with E-state index in [1.54, 1.807) is 29.3 Å². The molecule has 3 aliphatic rings. The average molecular weight is 572 g/mol. The Balaban J connectivity index is 1.31. The van der Waals surface area contributed by atoms with Gasteiger partial charge in [-0.25, -0.2) is 19.4 Å². The maximum Gasteiger partial charge on any atom is 0.415 e. The van der Waals surface area contributed by atoms with E-state index in [0.717, 1.165) is 11.1 Å². The van der Waals surface area contributed by atoms with E-state index < -0.39 is 42.6 Å². The summed E-state index contributed by atoms with van der Waals surface area (Å²) in [4.78, 5) is 54.3. The van der Waals surface area contributed by atoms with Crippen LogP contribution in [0.5, 0.6) is 5.75 Å². The Kier molecular flexibility index (Phi) is 7.92. The highest BCUT2D eigenvalue weighted by molar-refractivity contribution is 5.94. The number of aliphatic hydroxyl groups excluding tert-OH is 1. The summed E-state index contributed by atoms with van der Waals surface area (Å²) < 4.78 is 16.9. The lowest BCUT2D eigenvalue weighted by Crippen LogP contribution is -2.56. The number of amides is 2. The molecule has 4 heterocycles. The molecule has 3 aliphatic heterocycles. The Labute approximate surface area is 233 Å². The third-order valence-electron chi connectivity index (χ3n) is 7.05. The first-order valence-electron chi connectivity index (χ1n) is 12.9. The first-order chi connectivity index (χ1) is 19.6. The second-order valence-corrected chi connectivity index (χ2v) is 9.73. The molecule has 218 valence electrons. The maximum atomic E-state index is 12.6. The fourth-order valence-electron chi connectivity index (χ4n) is 4.99. The number of anilines is 2. The number of nitrogens with zero attached hydrogens (tertiary/aromatic N) is 3. The van der Waals surface area contributed by atoms with Gasteiger partial charge in [0.15, 0.2) is 12.2 Å². The fourth-order valence-corrected chi connectivity index (χ4v) is 4.99. The Bertz CT molecular complexity index is 1340. The van der Waals surface area contributed by atoms with Gasteiger partial charge in [0.05, 0.1) is 12.2 Å². The standard InChI is InChI=1S/C26H29N5O10/c1-13(32)28-10-19-17-12-39-18-8-14(2-4-16(18)31(17)26(38)40-19)15-3-5-20(29-9-15)30-7-6-27-11-21(30)41-23(25(36)37)22(33)24(34)35/h2-5,8-9,17,19,21-23,27,33H,6-7,10-12H2,1H3,(H,28,32)(H,34,35)(H,36,37)/t17-,19-,21?,22+,23+/m0/s1. The molecular weight excluding hydrogens is 542 g/mol. The van der Waals surface area contributed by atoms with Crippen molar-refractivity contribution in [1.29, 1.82) is 0 Å². The van der Waals surface area contributed by atoms with Crippen molar-refractivity contribution < 1.29 is 48.7 Å². The number of aromatic nitrogens is 1. The zero-order valence-corrected chi connectivity index (χ0v) is 21.9. The van der Waals surface area contributed by atoms with Crippen molar-refractivity contribution in [2.45, 2.75) is 37.5 Å². The van der Waals surface area contributed by atoms with Crippen LogP contribution in [0.25, 0.3) is 11.1 Å². The van der Waals surface area contributed by atoms with Crippen molar-refractivity contribution >= 4 is 35.4 Å². The number of nitrogens with one attached hydrogen (secondary N) is 2. The number of aliphatic carboxylic acids is 2. The van der Waals surface area contributed by atoms with Gasteiger partial charge < -0.3 is 45.1 Å². The van der Waals surface area contributed by atoms with Gasteiger partial charge in [-0.3, -0.25) is 9.69 Å². The van der Waals surface area contributed by atoms with Crippen LogP contribution >= 0.6 is 0 Å². The van der Waals surface area contributed by atoms with Gasteiger partial charge in [0.2, 0.25) is 5.91 Å². The summed E-state index contributed by atoms with van der Waals surface area (Å²) in [6, 6.07) is 8.52. The van der Waals surface area contributed by atoms with Crippen LogP contribution in [0.3, 0.4) is 0 Å². The number of fused-ring (bicyclic) bond motifs is 3. The second kappa shape index (κ2) is 11.6. The van der Waals surface area contributed by atoms with Gasteiger partial charge in [-0.05, 0) is 29.8 Å². The van der Waals surface area contributed by atoms with Crippen LogP contribution < -0.4 is 25.2 Å². The quantitative estimate of drug-likeness (QED) is 0.261. The summed E-state index contributed by atoms with van der Waals surface area (Å²) in [5.41, 5.74) is 2.07. The lowest BCUT2D eigenvalue weighted by atomic mass is 10.0. The molecule has 5 atom stereocenters. The zero-order chi connectivity index (χ0) is 29.3. The van der Waals surface area contributed by atoms with E-state index in [1.165, 1.54) is 11.8 Å². The monoisotopic (exact) mass is 571 g/mol. The number of hydrogen-bond acceptors (Lipinski definition) is 11. The molecular formula is C26H29N5O10. The first kappa shape index (κ1) is 28.1. The van der Waals surface area contributed by atoms with E-state index in [-0.39, 0.29) is 31.6 Å². The zero-order valence-electron chi connectivity index (χ0n) is 21.9. The average Bonchev–Trinajstić information content (AvgIpc) is 3.29. The van der Waals surface area contributed by atoms with Crippen LogP contribution in [0.1, 0.15) is 6.92 Å². The summed E-state index contributed by atoms with van der Waals surface area (Å²) in [5, 5.41) is 34.0. The number of carboxylic acids is 2. The molecule has 0 aliphatic carbocycles. The number of ether oxygens (including phenoxy) is 3. The van der Waals surface area contributed by atoms with Crippen LogP contribution in [0.15, 0.2) is 36.5 Å². The molecule has 0 saturated carbocycles. The molecule has 15 nitrogen and oxygen atoms in total. The highest BCUT2D eigenvalue weighted by atomic mass is 16.6. The number of carboxylic acid groups (broad SMARTS) is 2. The Morgan fingerprint density at radius 3 is 2.66 bits per heavy atom. The third-order valence-corrected chi connectivity index (χ3v) is 7.05. The van der Waals surface area contributed by atoms with Crippen LogP contribution in [0.4, 0.5) is 16.3 Å². The number of hydrogen-bond donors (Lipinski definition) is 5. The number of carbonyl (C=O) groups is 4. The molecule has 1 aromatic carbocycles. The Morgan fingerprint density at radius 1 is 1.20 bits per heavy atom. The third kappa shape index (κ3) is 5.73. The number of cyclic esters (lactones) is 1. The highest BCUT2D eigenvalue weighted by Gasteiger charge is 2.46. The minimum Gasteiger partial charge on any atom is -0.489 e. The van der Waals surface area contributed by atoms with Gasteiger partial charge >= 0.3 is 18.0 Å². The summed E-state index contributed by atoms with van der Waals surface area (Å²) >= 11 is 0. The molecule has 2 saturated heterocycles. The molecule has 41 heavy (non-hydrogen) atoms. The number of pyridine rings is 1. The maximum absolute atomic E-state index is 12.6. The molecule has 5 rings (SSSR count). The van der Waals surface area contributed by atoms with E-state index in [1.807, 2.05) is 12.1 Å². The second-order valence-electron chi connectivity index (χ2n) is 9.73. The number of piperazine rings is 1. The summed E-state index contributed by atoms with van der Waals surface area (Å²) in [6.07, 6.45) is -4.52. The Hall–Kier alpha value is -4.47. The summed E-state index contributed by atoms with van der Waals surface area (Å²) in [5.74, 6) is -2.56. The Morgan fingerprint density at radius 2 is 1.98 bits per heavy atom. The van der Waals surface area contributed by atoms with E-state index in [9.17, 15) is 29.4 Å². The van der Waals surface area contributed by atoms with Crippen LogP contribution in [-0.2, 0) is 23.9 Å². The predicted molar refractivity (Wildman–Crippen MR) is 141 cm³/mol. The van der Waals surface area contributed by atoms with Gasteiger partial charge in [-0.2, -0.15) is 0 Å². The van der Waals surface area contributed by atoms with Crippen LogP contribution in [0.2, 0.25) is 0 Å². The van der Waals surface area contributed by atoms with E-state index in [4.69, 9.17) is 19.3 Å². The SMILES string of the molecule is CC(=O)NC[C@@H]1OC(=O)N2c3ccc(-c4ccc(N5CCNCC5O[C@@H](C(=O)O)[C@@H](O)C(=O)O)nc4)cc3OC[C@@H]12. The van der Waals surface area contributed by atoms with Crippen molar-refractivity contribution in [2.75, 3.05) is 42.6 Å². The van der Waals surface area contributed by atoms with Gasteiger partial charge in [-0.1, -0.05) is 6.07 Å². The summed E-state index contributed by atoms with van der Waals surface area (Å²) in [6.45, 7) is 2.91. The predicted octanol–water partition coefficient (Wildman–Crippen LogP) is -0.378. The molecule has 5 N–H and O–H groups in total. The van der Waals surface area contributed by atoms with Crippen molar-refractivity contribution in [3.8, 4) is 16.9 Å². The van der Waals surface area contributed by atoms with Gasteiger partial charge in [0.1, 0.15) is 36.5 Å². The molecule has 0 spiro atoms. The largest absolute Gasteiger partial charge is 0.489 e. The smallest absolute Gasteiger partial charge is 0.415 e. The molecule has 0 radical (unpaired) electrons. The fraction of sp³-hybridized carbons (Fsp3) is 0.423. The first-order valence-corrected chi connectivity index (χ1v) is 12.9. The van der Waals surface area contributed by atoms with Crippen molar-refractivity contribution in [3.05, 3.63) is 36.5 Å². The van der Waals surface area contributed by atoms with Gasteiger partial charge in [0.25, 0.3) is 0 Å². The molecule has 2 aromatic rings. The molecule has 1 unspecified atom stereocenters. The van der Waals surface area contributed by atoms with Gasteiger partial charge in [0, 0.05) is 38.3 Å². The molecule has 2 fully saturated rings. The normalized spacial score (nSPS) is 23.0. The molecule has 0 bridgehead atoms. The van der Waals surface area contributed by atoms with E-state index in [2.05, 4.69) is 15.6 Å². The lowest BCUT2D eigenvalue weighted by Gasteiger charge is -2.38. The number of benzene rings is 1. The van der Waals surface area contributed by atoms with Crippen molar-refractivity contribution in [1.82, 2.24) is 15.6 Å². The number of rotatable bonds is 9. The number of aliphatic hydroxyl groups is 1. The van der Waals surface area contributed by atoms with Crippen molar-refractivity contribution in [3.63, 3.8) is 0 Å². The lowest BCUT2D eigenvalue weighted by molar-refractivity contribution is -0.176. The molecule has 2 amide bonds. The van der Waals surface area contributed by atoms with Crippen LogP contribution in [0, 0.1) is 0 Å². The molecule has 1 aromatic heterocycles. The van der Waals surface area contributed by atoms with Gasteiger partial charge in [-0.15, -0.1) is 0 Å². The van der Waals surface area contributed by atoms with E-state index in [0.29, 0.717) is 30.3 Å². The van der Waals surface area contributed by atoms with Crippen LogP contribution in [-0.4, -0.2) is 108 Å². The van der Waals surface area contributed by atoms with E-state index >= 15 is 0 Å². The minimum atomic E-state index is -2.24. The highest BCUT2D eigenvalue weighted by Crippen LogP contribution is 2.41. The molecule has 15 heteroatoms. The number of carbonyl (C=O) groups excluding carboxylic acids is 2. The topological polar surface area (TPSA) is 200 Å². The minimum absolute atomic E-state index is 0.188. The van der Waals surface area contributed by atoms with Crippen molar-refractivity contribution in [2.24, 2.45) is 0 Å². The summed E-state index contributed by atoms with van der Waals surface area (Å²) in [7, 11) is 0.